The summed E-state index contributed by atoms with van der Waals surface area (Å²) in [6, 6.07) is 5.64. The fourth-order valence-electron chi connectivity index (χ4n) is 1.83. The highest BCUT2D eigenvalue weighted by atomic mass is 35.5. The molecule has 0 saturated heterocycles. The van der Waals surface area contributed by atoms with E-state index in [1.165, 1.54) is 11.3 Å². The SMILES string of the molecule is CC(C)CCc1nc(N)sc1-c1ccc(Cl)c(Cl)c1. The molecule has 2 aromatic rings. The van der Waals surface area contributed by atoms with Gasteiger partial charge in [0.1, 0.15) is 0 Å². The molecular weight excluding hydrogens is 299 g/mol. The Morgan fingerprint density at radius 3 is 2.63 bits per heavy atom. The van der Waals surface area contributed by atoms with Gasteiger partial charge < -0.3 is 5.73 Å². The Kier molecular flexibility index (Phi) is 4.71. The summed E-state index contributed by atoms with van der Waals surface area (Å²) < 4.78 is 0. The standard InChI is InChI=1S/C14H16Cl2N2S/c1-8(2)3-6-12-13(19-14(17)18-12)9-4-5-10(15)11(16)7-9/h4-5,7-8H,3,6H2,1-2H3,(H2,17,18). The summed E-state index contributed by atoms with van der Waals surface area (Å²) >= 11 is 13.5. The van der Waals surface area contributed by atoms with Gasteiger partial charge in [-0.05, 0) is 36.5 Å². The van der Waals surface area contributed by atoms with Crippen LogP contribution in [-0.4, -0.2) is 4.98 Å². The predicted molar refractivity (Wildman–Crippen MR) is 85.1 cm³/mol. The van der Waals surface area contributed by atoms with Crippen molar-refractivity contribution in [2.24, 2.45) is 5.92 Å². The number of anilines is 1. The van der Waals surface area contributed by atoms with Gasteiger partial charge in [0.15, 0.2) is 5.13 Å². The van der Waals surface area contributed by atoms with Crippen LogP contribution in [0.15, 0.2) is 18.2 Å². The monoisotopic (exact) mass is 314 g/mol. The van der Waals surface area contributed by atoms with E-state index in [0.29, 0.717) is 21.1 Å². The van der Waals surface area contributed by atoms with Gasteiger partial charge >= 0.3 is 0 Å². The molecule has 0 amide bonds. The first-order valence-electron chi connectivity index (χ1n) is 6.18. The molecule has 5 heteroatoms. The van der Waals surface area contributed by atoms with Gasteiger partial charge in [0.25, 0.3) is 0 Å². The minimum Gasteiger partial charge on any atom is -0.375 e. The molecule has 0 radical (unpaired) electrons. The molecule has 19 heavy (non-hydrogen) atoms. The van der Waals surface area contributed by atoms with Gasteiger partial charge in [0, 0.05) is 0 Å². The Morgan fingerprint density at radius 2 is 2.00 bits per heavy atom. The maximum atomic E-state index is 6.07. The summed E-state index contributed by atoms with van der Waals surface area (Å²) in [7, 11) is 0. The third-order valence-corrected chi connectivity index (χ3v) is 4.57. The number of aryl methyl sites for hydroxylation is 1. The number of halogens is 2. The Hall–Kier alpha value is -0.770. The topological polar surface area (TPSA) is 38.9 Å². The van der Waals surface area contributed by atoms with Crippen molar-refractivity contribution in [3.63, 3.8) is 0 Å². The number of aromatic nitrogens is 1. The third-order valence-electron chi connectivity index (χ3n) is 2.85. The van der Waals surface area contributed by atoms with Crippen molar-refractivity contribution in [2.45, 2.75) is 26.7 Å². The van der Waals surface area contributed by atoms with E-state index < -0.39 is 0 Å². The van der Waals surface area contributed by atoms with Gasteiger partial charge in [-0.1, -0.05) is 54.5 Å². The second-order valence-corrected chi connectivity index (χ2v) is 6.73. The van der Waals surface area contributed by atoms with E-state index in [0.717, 1.165) is 29.0 Å². The summed E-state index contributed by atoms with van der Waals surface area (Å²) in [6.45, 7) is 4.41. The van der Waals surface area contributed by atoms with Gasteiger partial charge in [-0.3, -0.25) is 0 Å². The van der Waals surface area contributed by atoms with Gasteiger partial charge in [-0.25, -0.2) is 4.98 Å². The first kappa shape index (κ1) is 14.6. The number of rotatable bonds is 4. The lowest BCUT2D eigenvalue weighted by atomic mass is 10.0. The molecule has 2 nitrogen and oxygen atoms in total. The molecule has 0 aliphatic rings. The Bertz CT molecular complexity index is 579. The minimum atomic E-state index is 0.556. The zero-order chi connectivity index (χ0) is 14.0. The Morgan fingerprint density at radius 1 is 1.26 bits per heavy atom. The molecule has 0 bridgehead atoms. The van der Waals surface area contributed by atoms with Crippen LogP contribution in [0.5, 0.6) is 0 Å². The average molecular weight is 315 g/mol. The molecule has 0 unspecified atom stereocenters. The summed E-state index contributed by atoms with van der Waals surface area (Å²) in [5, 5.41) is 1.72. The summed E-state index contributed by atoms with van der Waals surface area (Å²) in [4.78, 5) is 5.53. The fourth-order valence-corrected chi connectivity index (χ4v) is 3.00. The minimum absolute atomic E-state index is 0.556. The summed E-state index contributed by atoms with van der Waals surface area (Å²) in [6.07, 6.45) is 2.03. The van der Waals surface area contributed by atoms with Crippen LogP contribution in [0.4, 0.5) is 5.13 Å². The van der Waals surface area contributed by atoms with E-state index in [9.17, 15) is 0 Å². The summed E-state index contributed by atoms with van der Waals surface area (Å²) in [5.41, 5.74) is 7.92. The van der Waals surface area contributed by atoms with Crippen LogP contribution in [0.3, 0.4) is 0 Å². The molecule has 0 spiro atoms. The lowest BCUT2D eigenvalue weighted by molar-refractivity contribution is 0.583. The molecule has 1 heterocycles. The highest BCUT2D eigenvalue weighted by Crippen LogP contribution is 2.35. The van der Waals surface area contributed by atoms with E-state index in [1.54, 1.807) is 6.07 Å². The van der Waals surface area contributed by atoms with Gasteiger partial charge in [0.05, 0.1) is 20.6 Å². The van der Waals surface area contributed by atoms with Crippen molar-refractivity contribution < 1.29 is 0 Å². The second-order valence-electron chi connectivity index (χ2n) is 4.89. The van der Waals surface area contributed by atoms with Crippen molar-refractivity contribution in [2.75, 3.05) is 5.73 Å². The molecular formula is C14H16Cl2N2S. The number of nitrogens with two attached hydrogens (primary N) is 1. The summed E-state index contributed by atoms with van der Waals surface area (Å²) in [5.74, 6) is 0.643. The number of nitrogen functional groups attached to an aromatic ring is 1. The lowest BCUT2D eigenvalue weighted by Crippen LogP contribution is -1.95. The van der Waals surface area contributed by atoms with E-state index in [2.05, 4.69) is 18.8 Å². The molecule has 102 valence electrons. The zero-order valence-corrected chi connectivity index (χ0v) is 13.2. The maximum absolute atomic E-state index is 6.07. The molecule has 1 aromatic heterocycles. The Balaban J connectivity index is 2.35. The van der Waals surface area contributed by atoms with E-state index in [4.69, 9.17) is 28.9 Å². The van der Waals surface area contributed by atoms with Crippen molar-refractivity contribution in [3.05, 3.63) is 33.9 Å². The van der Waals surface area contributed by atoms with Gasteiger partial charge in [-0.15, -0.1) is 0 Å². The second kappa shape index (κ2) is 6.12. The van der Waals surface area contributed by atoms with Crippen molar-refractivity contribution >= 4 is 39.7 Å². The molecule has 2 rings (SSSR count). The first-order valence-corrected chi connectivity index (χ1v) is 7.75. The van der Waals surface area contributed by atoms with Gasteiger partial charge in [0.2, 0.25) is 0 Å². The quantitative estimate of drug-likeness (QED) is 0.833. The highest BCUT2D eigenvalue weighted by Gasteiger charge is 2.13. The number of thiazole rings is 1. The van der Waals surface area contributed by atoms with Gasteiger partial charge in [-0.2, -0.15) is 0 Å². The number of hydrogen-bond donors (Lipinski definition) is 1. The lowest BCUT2D eigenvalue weighted by Gasteiger charge is -2.06. The number of hydrogen-bond acceptors (Lipinski definition) is 3. The van der Waals surface area contributed by atoms with Crippen LogP contribution in [0.25, 0.3) is 10.4 Å². The maximum Gasteiger partial charge on any atom is 0.180 e. The Labute approximate surface area is 127 Å². The third kappa shape index (κ3) is 3.62. The van der Waals surface area contributed by atoms with Crippen molar-refractivity contribution in [1.82, 2.24) is 4.98 Å². The van der Waals surface area contributed by atoms with Crippen LogP contribution in [0.2, 0.25) is 10.0 Å². The van der Waals surface area contributed by atoms with Crippen LogP contribution in [-0.2, 0) is 6.42 Å². The molecule has 0 saturated carbocycles. The van der Waals surface area contributed by atoms with E-state index in [-0.39, 0.29) is 0 Å². The number of benzene rings is 1. The normalized spacial score (nSPS) is 11.2. The average Bonchev–Trinajstić information content (AvgIpc) is 2.71. The zero-order valence-electron chi connectivity index (χ0n) is 10.9. The van der Waals surface area contributed by atoms with Crippen LogP contribution < -0.4 is 5.73 Å². The number of nitrogens with zero attached hydrogens (tertiary/aromatic N) is 1. The molecule has 1 aromatic carbocycles. The fraction of sp³-hybridized carbons (Fsp3) is 0.357. The molecule has 0 aliphatic heterocycles. The molecule has 0 aliphatic carbocycles. The smallest absolute Gasteiger partial charge is 0.180 e. The van der Waals surface area contributed by atoms with Crippen LogP contribution in [0.1, 0.15) is 26.0 Å². The molecule has 0 atom stereocenters. The van der Waals surface area contributed by atoms with Crippen LogP contribution in [0, 0.1) is 5.92 Å². The largest absolute Gasteiger partial charge is 0.375 e. The van der Waals surface area contributed by atoms with Crippen LogP contribution >= 0.6 is 34.5 Å². The molecule has 0 fully saturated rings. The van der Waals surface area contributed by atoms with Crippen molar-refractivity contribution in [3.8, 4) is 10.4 Å². The highest BCUT2D eigenvalue weighted by molar-refractivity contribution is 7.18. The first-order chi connectivity index (χ1) is 8.97. The van der Waals surface area contributed by atoms with E-state index in [1.807, 2.05) is 12.1 Å². The van der Waals surface area contributed by atoms with Crippen molar-refractivity contribution in [1.29, 1.82) is 0 Å². The predicted octanol–water partition coefficient (Wildman–Crippen LogP) is 5.29. The molecule has 2 N–H and O–H groups in total. The van der Waals surface area contributed by atoms with E-state index >= 15 is 0 Å².